The molecule has 1 aliphatic heterocycles. The third kappa shape index (κ3) is 4.29. The Balaban J connectivity index is 1.80. The number of rotatable bonds is 5. The van der Waals surface area contributed by atoms with Gasteiger partial charge in [0.25, 0.3) is 0 Å². The molecule has 1 aliphatic rings. The van der Waals surface area contributed by atoms with Crippen molar-refractivity contribution in [3.63, 3.8) is 0 Å². The first-order valence-corrected chi connectivity index (χ1v) is 8.91. The third-order valence-corrected chi connectivity index (χ3v) is 5.86. The first-order chi connectivity index (χ1) is 8.96. The molecule has 0 radical (unpaired) electrons. The number of carbonyl (C=O) groups excluding carboxylic acids is 1. The maximum atomic E-state index is 11.3. The number of thiophene rings is 1. The van der Waals surface area contributed by atoms with Gasteiger partial charge in [-0.15, -0.1) is 11.3 Å². The zero-order chi connectivity index (χ0) is 13.9. The highest BCUT2D eigenvalue weighted by Crippen LogP contribution is 2.22. The van der Waals surface area contributed by atoms with Crippen LogP contribution in [0.3, 0.4) is 0 Å². The molecule has 1 amide bonds. The van der Waals surface area contributed by atoms with Crippen LogP contribution in [0, 0.1) is 5.92 Å². The van der Waals surface area contributed by atoms with Gasteiger partial charge in [0.1, 0.15) is 0 Å². The molecule has 0 saturated carbocycles. The van der Waals surface area contributed by atoms with Crippen molar-refractivity contribution in [2.75, 3.05) is 23.4 Å². The summed E-state index contributed by atoms with van der Waals surface area (Å²) in [6, 6.07) is 1.88. The Morgan fingerprint density at radius 1 is 1.53 bits per heavy atom. The van der Waals surface area contributed by atoms with Crippen molar-refractivity contribution in [2.45, 2.75) is 19.9 Å². The summed E-state index contributed by atoms with van der Waals surface area (Å²) in [6.45, 7) is 2.85. The number of hydrogen-bond acceptors (Lipinski definition) is 5. The summed E-state index contributed by atoms with van der Waals surface area (Å²) < 4.78 is 22.7. The predicted molar refractivity (Wildman–Crippen MR) is 77.1 cm³/mol. The smallest absolute Gasteiger partial charge is 0.221 e. The maximum Gasteiger partial charge on any atom is 0.221 e. The van der Waals surface area contributed by atoms with Crippen LogP contribution in [0.5, 0.6) is 0 Å². The van der Waals surface area contributed by atoms with E-state index in [0.29, 0.717) is 24.6 Å². The second-order valence-electron chi connectivity index (χ2n) is 4.84. The van der Waals surface area contributed by atoms with Gasteiger partial charge in [-0.25, -0.2) is 8.42 Å². The van der Waals surface area contributed by atoms with Gasteiger partial charge in [-0.3, -0.25) is 4.79 Å². The van der Waals surface area contributed by atoms with Gasteiger partial charge in [0.15, 0.2) is 9.84 Å². The van der Waals surface area contributed by atoms with Crippen LogP contribution in [0.15, 0.2) is 11.4 Å². The minimum Gasteiger partial charge on any atom is -0.325 e. The number of anilines is 1. The molecule has 1 saturated heterocycles. The molecule has 1 aromatic rings. The van der Waals surface area contributed by atoms with Crippen LogP contribution in [-0.4, -0.2) is 32.4 Å². The molecule has 2 N–H and O–H groups in total. The molecule has 2 rings (SSSR count). The highest BCUT2D eigenvalue weighted by Gasteiger charge is 2.27. The van der Waals surface area contributed by atoms with Gasteiger partial charge >= 0.3 is 0 Å². The molecule has 0 spiro atoms. The minimum absolute atomic E-state index is 0.0819. The zero-order valence-electron chi connectivity index (χ0n) is 10.8. The average Bonchev–Trinajstić information content (AvgIpc) is 2.86. The van der Waals surface area contributed by atoms with Gasteiger partial charge in [-0.05, 0) is 30.3 Å². The van der Waals surface area contributed by atoms with Gasteiger partial charge in [-0.1, -0.05) is 0 Å². The first-order valence-electron chi connectivity index (χ1n) is 6.21. The quantitative estimate of drug-likeness (QED) is 0.858. The van der Waals surface area contributed by atoms with Crippen LogP contribution < -0.4 is 10.6 Å². The van der Waals surface area contributed by atoms with Crippen molar-refractivity contribution in [3.8, 4) is 0 Å². The molecule has 0 bridgehead atoms. The molecular formula is C12H18N2O3S2. The first kappa shape index (κ1) is 14.5. The molecule has 2 heterocycles. The SMILES string of the molecule is CC(=O)Nc1ccsc1CNCC1CCS(=O)(=O)C1. The Morgan fingerprint density at radius 2 is 2.32 bits per heavy atom. The van der Waals surface area contributed by atoms with Crippen molar-refractivity contribution in [1.29, 1.82) is 0 Å². The van der Waals surface area contributed by atoms with Crippen molar-refractivity contribution >= 4 is 32.8 Å². The average molecular weight is 302 g/mol. The second kappa shape index (κ2) is 6.02. The lowest BCUT2D eigenvalue weighted by molar-refractivity contribution is -0.114. The summed E-state index contributed by atoms with van der Waals surface area (Å²) in [4.78, 5) is 12.1. The lowest BCUT2D eigenvalue weighted by Gasteiger charge is -2.10. The molecule has 7 heteroatoms. The number of carbonyl (C=O) groups is 1. The standard InChI is InChI=1S/C12H18N2O3S2/c1-9(15)14-11-2-4-18-12(11)7-13-6-10-3-5-19(16,17)8-10/h2,4,10,13H,3,5-8H2,1H3,(H,14,15). The van der Waals surface area contributed by atoms with Crippen LogP contribution in [0.25, 0.3) is 0 Å². The van der Waals surface area contributed by atoms with E-state index in [1.807, 2.05) is 11.4 Å². The van der Waals surface area contributed by atoms with Crippen LogP contribution in [-0.2, 0) is 21.2 Å². The van der Waals surface area contributed by atoms with Crippen LogP contribution in [0.2, 0.25) is 0 Å². The van der Waals surface area contributed by atoms with Crippen molar-refractivity contribution in [2.24, 2.45) is 5.92 Å². The topological polar surface area (TPSA) is 75.3 Å². The molecule has 5 nitrogen and oxygen atoms in total. The van der Waals surface area contributed by atoms with Crippen molar-refractivity contribution in [3.05, 3.63) is 16.3 Å². The van der Waals surface area contributed by atoms with Gasteiger partial charge < -0.3 is 10.6 Å². The maximum absolute atomic E-state index is 11.3. The monoisotopic (exact) mass is 302 g/mol. The molecule has 0 aromatic carbocycles. The summed E-state index contributed by atoms with van der Waals surface area (Å²) in [5, 5.41) is 7.99. The predicted octanol–water partition coefficient (Wildman–Crippen LogP) is 1.23. The lowest BCUT2D eigenvalue weighted by Crippen LogP contribution is -2.23. The molecule has 0 aliphatic carbocycles. The van der Waals surface area contributed by atoms with E-state index in [1.54, 1.807) is 11.3 Å². The van der Waals surface area contributed by atoms with E-state index in [1.165, 1.54) is 6.92 Å². The lowest BCUT2D eigenvalue weighted by atomic mass is 10.1. The Kier molecular flexibility index (Phi) is 4.59. The molecule has 1 aromatic heterocycles. The van der Waals surface area contributed by atoms with Crippen molar-refractivity contribution in [1.82, 2.24) is 5.32 Å². The molecule has 1 unspecified atom stereocenters. The van der Waals surface area contributed by atoms with E-state index in [0.717, 1.165) is 17.0 Å². The summed E-state index contributed by atoms with van der Waals surface area (Å²) in [5.74, 6) is 0.745. The molecular weight excluding hydrogens is 284 g/mol. The van der Waals surface area contributed by atoms with E-state index < -0.39 is 9.84 Å². The fraction of sp³-hybridized carbons (Fsp3) is 0.583. The minimum atomic E-state index is -2.80. The van der Waals surface area contributed by atoms with E-state index in [-0.39, 0.29) is 11.8 Å². The fourth-order valence-corrected chi connectivity index (χ4v) is 4.86. The molecule has 1 fully saturated rings. The summed E-state index contributed by atoms with van der Waals surface area (Å²) in [7, 11) is -2.80. The Bertz CT molecular complexity index is 551. The highest BCUT2D eigenvalue weighted by atomic mass is 32.2. The van der Waals surface area contributed by atoms with Crippen LogP contribution in [0.1, 0.15) is 18.2 Å². The molecule has 19 heavy (non-hydrogen) atoms. The number of nitrogens with one attached hydrogen (secondary N) is 2. The Labute approximate surface area is 117 Å². The summed E-state index contributed by atoms with van der Waals surface area (Å²) in [6.07, 6.45) is 0.748. The fourth-order valence-electron chi connectivity index (χ4n) is 2.20. The van der Waals surface area contributed by atoms with Crippen molar-refractivity contribution < 1.29 is 13.2 Å². The van der Waals surface area contributed by atoms with Gasteiger partial charge in [0.05, 0.1) is 17.2 Å². The zero-order valence-corrected chi connectivity index (χ0v) is 12.4. The van der Waals surface area contributed by atoms with E-state index >= 15 is 0 Å². The van der Waals surface area contributed by atoms with Gasteiger partial charge in [-0.2, -0.15) is 0 Å². The van der Waals surface area contributed by atoms with E-state index in [9.17, 15) is 13.2 Å². The molecule has 1 atom stereocenters. The Morgan fingerprint density at radius 3 is 2.95 bits per heavy atom. The molecule has 106 valence electrons. The Hall–Kier alpha value is -0.920. The van der Waals surface area contributed by atoms with Crippen LogP contribution >= 0.6 is 11.3 Å². The second-order valence-corrected chi connectivity index (χ2v) is 8.07. The largest absolute Gasteiger partial charge is 0.325 e. The number of hydrogen-bond donors (Lipinski definition) is 2. The normalized spacial score (nSPS) is 21.4. The highest BCUT2D eigenvalue weighted by molar-refractivity contribution is 7.91. The van der Waals surface area contributed by atoms with Gasteiger partial charge in [0.2, 0.25) is 5.91 Å². The number of amides is 1. The summed E-state index contributed by atoms with van der Waals surface area (Å²) in [5.41, 5.74) is 0.837. The van der Waals surface area contributed by atoms with E-state index in [4.69, 9.17) is 0 Å². The summed E-state index contributed by atoms with van der Waals surface area (Å²) >= 11 is 1.58. The number of sulfone groups is 1. The van der Waals surface area contributed by atoms with Gasteiger partial charge in [0, 0.05) is 18.3 Å². The van der Waals surface area contributed by atoms with E-state index in [2.05, 4.69) is 10.6 Å². The van der Waals surface area contributed by atoms with Crippen LogP contribution in [0.4, 0.5) is 5.69 Å². The third-order valence-electron chi connectivity index (χ3n) is 3.10.